The topological polar surface area (TPSA) is 50.8 Å². The van der Waals surface area contributed by atoms with E-state index in [-0.39, 0.29) is 11.9 Å². The molecular weight excluding hydrogens is 312 g/mol. The normalized spacial score (nSPS) is 12.0. The lowest BCUT2D eigenvalue weighted by Gasteiger charge is -2.23. The van der Waals surface area contributed by atoms with Gasteiger partial charge in [0.05, 0.1) is 20.8 Å². The molecule has 0 bridgehead atoms. The van der Waals surface area contributed by atoms with Crippen molar-refractivity contribution in [2.24, 2.45) is 0 Å². The highest BCUT2D eigenvalue weighted by Crippen LogP contribution is 2.29. The Morgan fingerprint density at radius 1 is 1.26 bits per heavy atom. The summed E-state index contributed by atoms with van der Waals surface area (Å²) in [5, 5.41) is 4.93. The third-order valence-electron chi connectivity index (χ3n) is 3.68. The van der Waals surface area contributed by atoms with Crippen LogP contribution in [0, 0.1) is 0 Å². The molecule has 1 unspecified atom stereocenters. The number of carbonyl (C=O) groups excluding carboxylic acids is 1. The van der Waals surface area contributed by atoms with Gasteiger partial charge in [-0.15, -0.1) is 11.3 Å². The standard InChI is InChI=1S/C17H22N2O3S/c1-12(16-6-5-9-23-16)19(2)11-17(20)18-13-7-8-14(21-3)15(10-13)22-4/h5-10,12H,11H2,1-4H3,(H,18,20). The molecule has 2 aromatic rings. The maximum Gasteiger partial charge on any atom is 0.238 e. The Bertz CT molecular complexity index is 643. The van der Waals surface area contributed by atoms with Crippen LogP contribution in [-0.4, -0.2) is 38.6 Å². The molecule has 0 aliphatic rings. The molecule has 0 saturated heterocycles. The van der Waals surface area contributed by atoms with Crippen molar-refractivity contribution in [1.29, 1.82) is 0 Å². The van der Waals surface area contributed by atoms with Crippen LogP contribution in [0.15, 0.2) is 35.7 Å². The number of nitrogens with one attached hydrogen (secondary N) is 1. The number of likely N-dealkylation sites (N-methyl/N-ethyl adjacent to an activating group) is 1. The number of thiophene rings is 1. The highest BCUT2D eigenvalue weighted by molar-refractivity contribution is 7.10. The van der Waals surface area contributed by atoms with Crippen LogP contribution in [0.2, 0.25) is 0 Å². The summed E-state index contributed by atoms with van der Waals surface area (Å²) >= 11 is 1.70. The van der Waals surface area contributed by atoms with Crippen molar-refractivity contribution in [2.45, 2.75) is 13.0 Å². The highest BCUT2D eigenvalue weighted by atomic mass is 32.1. The molecule has 1 atom stereocenters. The Morgan fingerprint density at radius 3 is 2.61 bits per heavy atom. The van der Waals surface area contributed by atoms with Gasteiger partial charge < -0.3 is 14.8 Å². The van der Waals surface area contributed by atoms with Crippen LogP contribution in [0.5, 0.6) is 11.5 Å². The van der Waals surface area contributed by atoms with Crippen LogP contribution in [0.4, 0.5) is 5.69 Å². The van der Waals surface area contributed by atoms with E-state index in [0.29, 0.717) is 23.7 Å². The predicted molar refractivity (Wildman–Crippen MR) is 93.5 cm³/mol. The third-order valence-corrected chi connectivity index (χ3v) is 4.72. The van der Waals surface area contributed by atoms with E-state index in [0.717, 1.165) is 0 Å². The second kappa shape index (κ2) is 7.99. The number of anilines is 1. The number of benzene rings is 1. The first kappa shape index (κ1) is 17.3. The van der Waals surface area contributed by atoms with E-state index in [1.807, 2.05) is 23.4 Å². The molecule has 1 N–H and O–H groups in total. The first-order valence-electron chi connectivity index (χ1n) is 7.30. The second-order valence-corrected chi connectivity index (χ2v) is 6.20. The average molecular weight is 334 g/mol. The fourth-order valence-electron chi connectivity index (χ4n) is 2.22. The maximum atomic E-state index is 12.2. The largest absolute Gasteiger partial charge is 0.493 e. The Morgan fingerprint density at radius 2 is 2.00 bits per heavy atom. The van der Waals surface area contributed by atoms with Crippen molar-refractivity contribution in [3.05, 3.63) is 40.6 Å². The molecule has 5 nitrogen and oxygen atoms in total. The number of hydrogen-bond acceptors (Lipinski definition) is 5. The van der Waals surface area contributed by atoms with E-state index in [4.69, 9.17) is 9.47 Å². The van der Waals surface area contributed by atoms with Gasteiger partial charge in [-0.25, -0.2) is 0 Å². The molecule has 0 fully saturated rings. The summed E-state index contributed by atoms with van der Waals surface area (Å²) in [6, 6.07) is 9.62. The lowest BCUT2D eigenvalue weighted by atomic mass is 10.2. The lowest BCUT2D eigenvalue weighted by Crippen LogP contribution is -2.31. The van der Waals surface area contributed by atoms with E-state index in [1.54, 1.807) is 43.8 Å². The molecular formula is C17H22N2O3S. The summed E-state index contributed by atoms with van der Waals surface area (Å²) in [5.74, 6) is 1.16. The van der Waals surface area contributed by atoms with Gasteiger partial charge in [0, 0.05) is 22.7 Å². The van der Waals surface area contributed by atoms with Crippen LogP contribution >= 0.6 is 11.3 Å². The van der Waals surface area contributed by atoms with Gasteiger partial charge in [0.1, 0.15) is 0 Å². The van der Waals surface area contributed by atoms with Crippen LogP contribution < -0.4 is 14.8 Å². The fourth-order valence-corrected chi connectivity index (χ4v) is 3.07. The van der Waals surface area contributed by atoms with Gasteiger partial charge in [-0.1, -0.05) is 6.07 Å². The Labute approximate surface area is 140 Å². The summed E-state index contributed by atoms with van der Waals surface area (Å²) in [4.78, 5) is 15.5. The molecule has 0 spiro atoms. The summed E-state index contributed by atoms with van der Waals surface area (Å²) in [5.41, 5.74) is 0.685. The fraction of sp³-hybridized carbons (Fsp3) is 0.353. The quantitative estimate of drug-likeness (QED) is 0.843. The summed E-state index contributed by atoms with van der Waals surface area (Å²) in [7, 11) is 5.09. The predicted octanol–water partition coefficient (Wildman–Crippen LogP) is 3.40. The van der Waals surface area contributed by atoms with Gasteiger partial charge in [-0.2, -0.15) is 0 Å². The van der Waals surface area contributed by atoms with Gasteiger partial charge in [-0.05, 0) is 37.6 Å². The number of nitrogens with zero attached hydrogens (tertiary/aromatic N) is 1. The zero-order chi connectivity index (χ0) is 16.8. The minimum absolute atomic E-state index is 0.0665. The molecule has 1 aromatic heterocycles. The minimum Gasteiger partial charge on any atom is -0.493 e. The zero-order valence-corrected chi connectivity index (χ0v) is 14.6. The van der Waals surface area contributed by atoms with Crippen LogP contribution in [0.1, 0.15) is 17.8 Å². The molecule has 1 aromatic carbocycles. The lowest BCUT2D eigenvalue weighted by molar-refractivity contribution is -0.117. The number of ether oxygens (including phenoxy) is 2. The van der Waals surface area contributed by atoms with E-state index < -0.39 is 0 Å². The number of amides is 1. The summed E-state index contributed by atoms with van der Waals surface area (Å²) < 4.78 is 10.4. The molecule has 0 aliphatic carbocycles. The molecule has 6 heteroatoms. The molecule has 0 aliphatic heterocycles. The maximum absolute atomic E-state index is 12.2. The average Bonchev–Trinajstić information content (AvgIpc) is 3.08. The van der Waals surface area contributed by atoms with Crippen molar-refractivity contribution in [3.8, 4) is 11.5 Å². The van der Waals surface area contributed by atoms with Gasteiger partial charge in [0.2, 0.25) is 5.91 Å². The SMILES string of the molecule is COc1ccc(NC(=O)CN(C)C(C)c2cccs2)cc1OC. The van der Waals surface area contributed by atoms with E-state index in [9.17, 15) is 4.79 Å². The first-order valence-corrected chi connectivity index (χ1v) is 8.18. The second-order valence-electron chi connectivity index (χ2n) is 5.22. The van der Waals surface area contributed by atoms with Crippen molar-refractivity contribution < 1.29 is 14.3 Å². The monoisotopic (exact) mass is 334 g/mol. The minimum atomic E-state index is -0.0665. The van der Waals surface area contributed by atoms with Crippen LogP contribution in [0.3, 0.4) is 0 Å². The molecule has 1 amide bonds. The molecule has 2 rings (SSSR count). The number of methoxy groups -OCH3 is 2. The van der Waals surface area contributed by atoms with Gasteiger partial charge in [0.15, 0.2) is 11.5 Å². The third kappa shape index (κ3) is 4.46. The van der Waals surface area contributed by atoms with Gasteiger partial charge in [-0.3, -0.25) is 9.69 Å². The highest BCUT2D eigenvalue weighted by Gasteiger charge is 2.16. The summed E-state index contributed by atoms with van der Waals surface area (Å²) in [6.45, 7) is 2.41. The Hall–Kier alpha value is -2.05. The molecule has 1 heterocycles. The Kier molecular flexibility index (Phi) is 6.01. The molecule has 0 radical (unpaired) electrons. The smallest absolute Gasteiger partial charge is 0.238 e. The van der Waals surface area contributed by atoms with Crippen LogP contribution in [-0.2, 0) is 4.79 Å². The zero-order valence-electron chi connectivity index (χ0n) is 13.8. The van der Waals surface area contributed by atoms with Gasteiger partial charge in [0.25, 0.3) is 0 Å². The van der Waals surface area contributed by atoms with Crippen molar-refractivity contribution in [1.82, 2.24) is 4.90 Å². The van der Waals surface area contributed by atoms with Crippen LogP contribution in [0.25, 0.3) is 0 Å². The summed E-state index contributed by atoms with van der Waals surface area (Å²) in [6.07, 6.45) is 0. The van der Waals surface area contributed by atoms with Crippen molar-refractivity contribution in [3.63, 3.8) is 0 Å². The van der Waals surface area contributed by atoms with E-state index in [2.05, 4.69) is 18.3 Å². The first-order chi connectivity index (χ1) is 11.0. The van der Waals surface area contributed by atoms with Crippen molar-refractivity contribution in [2.75, 3.05) is 33.1 Å². The molecule has 0 saturated carbocycles. The van der Waals surface area contributed by atoms with E-state index >= 15 is 0 Å². The number of rotatable bonds is 7. The molecule has 23 heavy (non-hydrogen) atoms. The van der Waals surface area contributed by atoms with Crippen molar-refractivity contribution >= 4 is 22.9 Å². The number of carbonyl (C=O) groups is 1. The molecule has 124 valence electrons. The number of hydrogen-bond donors (Lipinski definition) is 1. The Balaban J connectivity index is 1.96. The van der Waals surface area contributed by atoms with Gasteiger partial charge >= 0.3 is 0 Å². The van der Waals surface area contributed by atoms with E-state index in [1.165, 1.54) is 4.88 Å².